The fourth-order valence-corrected chi connectivity index (χ4v) is 4.32. The Balaban J connectivity index is 0.00000364. The van der Waals surface area contributed by atoms with E-state index >= 15 is 0 Å². The third kappa shape index (κ3) is 5.21. The first-order chi connectivity index (χ1) is 12.3. The van der Waals surface area contributed by atoms with E-state index in [-0.39, 0.29) is 28.7 Å². The summed E-state index contributed by atoms with van der Waals surface area (Å²) >= 11 is 0. The number of amides is 1. The van der Waals surface area contributed by atoms with Crippen LogP contribution in [0.5, 0.6) is 0 Å². The van der Waals surface area contributed by atoms with Crippen LogP contribution in [-0.4, -0.2) is 50.7 Å². The summed E-state index contributed by atoms with van der Waals surface area (Å²) in [5.41, 5.74) is 6.08. The molecular formula is C18H29ClN4O3S. The SMILES string of the molecule is CCC(CC)(CN)NC(=O)CCCN(C)C1=NS(=O)(=O)c2ccccc21.Cl. The molecule has 0 unspecified atom stereocenters. The van der Waals surface area contributed by atoms with Gasteiger partial charge in [0.15, 0.2) is 0 Å². The molecule has 1 heterocycles. The zero-order valence-electron chi connectivity index (χ0n) is 16.1. The molecule has 0 radical (unpaired) electrons. The second-order valence-corrected chi connectivity index (χ2v) is 8.22. The Morgan fingerprint density at radius 2 is 1.89 bits per heavy atom. The smallest absolute Gasteiger partial charge is 0.285 e. The van der Waals surface area contributed by atoms with Crippen LogP contribution in [0.4, 0.5) is 0 Å². The minimum Gasteiger partial charge on any atom is -0.358 e. The zero-order chi connectivity index (χ0) is 19.4. The van der Waals surface area contributed by atoms with E-state index in [0.717, 1.165) is 12.8 Å². The second kappa shape index (κ2) is 9.52. The van der Waals surface area contributed by atoms with Crippen LogP contribution in [0.25, 0.3) is 0 Å². The van der Waals surface area contributed by atoms with Crippen LogP contribution < -0.4 is 11.1 Å². The fraction of sp³-hybridized carbons (Fsp3) is 0.556. The number of carbonyl (C=O) groups excluding carboxylic acids is 1. The summed E-state index contributed by atoms with van der Waals surface area (Å²) in [6.45, 7) is 4.97. The number of hydrogen-bond donors (Lipinski definition) is 2. The molecule has 1 aliphatic rings. The molecule has 0 spiro atoms. The molecule has 1 amide bonds. The van der Waals surface area contributed by atoms with Crippen molar-refractivity contribution in [3.8, 4) is 0 Å². The van der Waals surface area contributed by atoms with E-state index in [1.54, 1.807) is 36.2 Å². The third-order valence-corrected chi connectivity index (χ3v) is 6.35. The van der Waals surface area contributed by atoms with Crippen molar-refractivity contribution in [2.24, 2.45) is 10.1 Å². The molecule has 0 fully saturated rings. The predicted octanol–water partition coefficient (Wildman–Crippen LogP) is 1.90. The number of halogens is 1. The average Bonchev–Trinajstić information content (AvgIpc) is 2.91. The number of rotatable bonds is 8. The Bertz CT molecular complexity index is 783. The summed E-state index contributed by atoms with van der Waals surface area (Å²) < 4.78 is 28.1. The number of hydrogen-bond acceptors (Lipinski definition) is 5. The first kappa shape index (κ1) is 23.4. The van der Waals surface area contributed by atoms with Gasteiger partial charge in [-0.2, -0.15) is 8.42 Å². The van der Waals surface area contributed by atoms with Gasteiger partial charge >= 0.3 is 0 Å². The van der Waals surface area contributed by atoms with Crippen molar-refractivity contribution >= 4 is 34.2 Å². The summed E-state index contributed by atoms with van der Waals surface area (Å²) in [7, 11) is -1.83. The minimum atomic E-state index is -3.62. The highest BCUT2D eigenvalue weighted by Crippen LogP contribution is 2.27. The van der Waals surface area contributed by atoms with Crippen molar-refractivity contribution in [3.63, 3.8) is 0 Å². The van der Waals surface area contributed by atoms with Gasteiger partial charge < -0.3 is 16.0 Å². The first-order valence-electron chi connectivity index (χ1n) is 8.95. The van der Waals surface area contributed by atoms with E-state index in [0.29, 0.717) is 37.3 Å². The minimum absolute atomic E-state index is 0. The van der Waals surface area contributed by atoms with E-state index in [4.69, 9.17) is 5.73 Å². The van der Waals surface area contributed by atoms with Crippen LogP contribution in [0.15, 0.2) is 33.6 Å². The molecule has 0 aromatic heterocycles. The van der Waals surface area contributed by atoms with Crippen LogP contribution in [0.2, 0.25) is 0 Å². The molecule has 9 heteroatoms. The molecule has 3 N–H and O–H groups in total. The van der Waals surface area contributed by atoms with Crippen molar-refractivity contribution in [2.45, 2.75) is 50.0 Å². The lowest BCUT2D eigenvalue weighted by Crippen LogP contribution is -2.52. The monoisotopic (exact) mass is 416 g/mol. The summed E-state index contributed by atoms with van der Waals surface area (Å²) in [4.78, 5) is 14.2. The van der Waals surface area contributed by atoms with Crippen molar-refractivity contribution in [2.75, 3.05) is 20.1 Å². The van der Waals surface area contributed by atoms with Crippen molar-refractivity contribution in [1.29, 1.82) is 0 Å². The number of carbonyl (C=O) groups is 1. The number of sulfonamides is 1. The second-order valence-electron chi connectivity index (χ2n) is 6.65. The van der Waals surface area contributed by atoms with E-state index in [9.17, 15) is 13.2 Å². The Morgan fingerprint density at radius 3 is 2.48 bits per heavy atom. The van der Waals surface area contributed by atoms with Gasteiger partial charge in [-0.25, -0.2) is 0 Å². The molecule has 1 aromatic rings. The van der Waals surface area contributed by atoms with Crippen LogP contribution in [0, 0.1) is 0 Å². The molecule has 0 saturated carbocycles. The molecule has 1 aliphatic heterocycles. The van der Waals surface area contributed by atoms with E-state index in [1.807, 2.05) is 13.8 Å². The number of nitrogens with one attached hydrogen (secondary N) is 1. The standard InChI is InChI=1S/C18H28N4O3S.ClH/c1-4-18(5-2,13-19)20-16(23)11-8-12-22(3)17-14-9-6-7-10-15(14)26(24,25)21-17;/h6-7,9-10H,4-5,8,11-13,19H2,1-3H3,(H,20,23);1H. The van der Waals surface area contributed by atoms with Crippen LogP contribution >= 0.6 is 12.4 Å². The molecule has 0 aliphatic carbocycles. The van der Waals surface area contributed by atoms with Crippen LogP contribution in [-0.2, 0) is 14.8 Å². The number of nitrogens with zero attached hydrogens (tertiary/aromatic N) is 2. The molecule has 1 aromatic carbocycles. The van der Waals surface area contributed by atoms with Gasteiger partial charge in [-0.05, 0) is 31.4 Å². The highest BCUT2D eigenvalue weighted by atomic mass is 35.5. The van der Waals surface area contributed by atoms with Gasteiger partial charge in [0.1, 0.15) is 10.7 Å². The zero-order valence-corrected chi connectivity index (χ0v) is 17.7. The Labute approximate surface area is 167 Å². The lowest BCUT2D eigenvalue weighted by atomic mass is 9.92. The maximum absolute atomic E-state index is 12.2. The molecule has 0 bridgehead atoms. The van der Waals surface area contributed by atoms with Gasteiger partial charge in [-0.1, -0.05) is 26.0 Å². The van der Waals surface area contributed by atoms with E-state index in [1.165, 1.54) is 0 Å². The Kier molecular flexibility index (Phi) is 8.25. The van der Waals surface area contributed by atoms with Gasteiger partial charge in [-0.15, -0.1) is 16.8 Å². The average molecular weight is 417 g/mol. The molecule has 27 heavy (non-hydrogen) atoms. The molecular weight excluding hydrogens is 388 g/mol. The summed E-state index contributed by atoms with van der Waals surface area (Å²) in [6, 6.07) is 6.78. The fourth-order valence-electron chi connectivity index (χ4n) is 3.07. The Hall–Kier alpha value is -1.64. The largest absolute Gasteiger partial charge is 0.358 e. The number of amidine groups is 1. The quantitative estimate of drug-likeness (QED) is 0.673. The van der Waals surface area contributed by atoms with Crippen molar-refractivity contribution in [1.82, 2.24) is 10.2 Å². The van der Waals surface area contributed by atoms with Gasteiger partial charge in [-0.3, -0.25) is 4.79 Å². The lowest BCUT2D eigenvalue weighted by Gasteiger charge is -2.31. The normalized spacial score (nSPS) is 14.7. The first-order valence-corrected chi connectivity index (χ1v) is 10.4. The molecule has 0 saturated heterocycles. The highest BCUT2D eigenvalue weighted by molar-refractivity contribution is 7.90. The maximum Gasteiger partial charge on any atom is 0.285 e. The third-order valence-electron chi connectivity index (χ3n) is 5.02. The highest BCUT2D eigenvalue weighted by Gasteiger charge is 2.30. The summed E-state index contributed by atoms with van der Waals surface area (Å²) in [6.07, 6.45) is 2.53. The van der Waals surface area contributed by atoms with Crippen LogP contribution in [0.1, 0.15) is 45.1 Å². The molecule has 0 atom stereocenters. The summed E-state index contributed by atoms with van der Waals surface area (Å²) in [5.74, 6) is 0.397. The van der Waals surface area contributed by atoms with Gasteiger partial charge in [0.05, 0.1) is 5.54 Å². The lowest BCUT2D eigenvalue weighted by molar-refractivity contribution is -0.123. The van der Waals surface area contributed by atoms with Crippen LogP contribution in [0.3, 0.4) is 0 Å². The maximum atomic E-state index is 12.2. The van der Waals surface area contributed by atoms with Crippen molar-refractivity contribution < 1.29 is 13.2 Å². The topological polar surface area (TPSA) is 105 Å². The molecule has 152 valence electrons. The van der Waals surface area contributed by atoms with E-state index in [2.05, 4.69) is 9.71 Å². The number of fused-ring (bicyclic) bond motifs is 1. The predicted molar refractivity (Wildman–Crippen MR) is 110 cm³/mol. The molecule has 2 rings (SSSR count). The number of benzene rings is 1. The Morgan fingerprint density at radius 1 is 1.26 bits per heavy atom. The molecule has 7 nitrogen and oxygen atoms in total. The van der Waals surface area contributed by atoms with Crippen molar-refractivity contribution in [3.05, 3.63) is 29.8 Å². The summed E-state index contributed by atoms with van der Waals surface area (Å²) in [5, 5.41) is 3.04. The van der Waals surface area contributed by atoms with Gasteiger partial charge in [0.2, 0.25) is 5.91 Å². The van der Waals surface area contributed by atoms with Gasteiger partial charge in [0, 0.05) is 32.1 Å². The number of nitrogens with two attached hydrogens (primary N) is 1. The van der Waals surface area contributed by atoms with Gasteiger partial charge in [0.25, 0.3) is 10.0 Å². The van der Waals surface area contributed by atoms with E-state index < -0.39 is 10.0 Å².